The van der Waals surface area contributed by atoms with Crippen LogP contribution in [0.15, 0.2) is 30.3 Å². The molecule has 1 aromatic rings. The summed E-state index contributed by atoms with van der Waals surface area (Å²) in [6.07, 6.45) is 3.31. The molecule has 2 heterocycles. The van der Waals surface area contributed by atoms with Gasteiger partial charge in [-0.25, -0.2) is 0 Å². The quantitative estimate of drug-likeness (QED) is 0.842. The van der Waals surface area contributed by atoms with Crippen LogP contribution in [-0.2, 0) is 16.0 Å². The highest BCUT2D eigenvalue weighted by atomic mass is 16.5. The maximum atomic E-state index is 12.0. The Hall–Kier alpha value is -1.39. The first-order valence-corrected chi connectivity index (χ1v) is 9.67. The topological polar surface area (TPSA) is 32.8 Å². The predicted octanol–water partition coefficient (Wildman–Crippen LogP) is 2.97. The first-order valence-electron chi connectivity index (χ1n) is 9.67. The zero-order valence-electron chi connectivity index (χ0n) is 15.9. The van der Waals surface area contributed by atoms with Gasteiger partial charge in [0.05, 0.1) is 11.7 Å². The summed E-state index contributed by atoms with van der Waals surface area (Å²) in [6, 6.07) is 10.7. The second-order valence-electron chi connectivity index (χ2n) is 8.06. The summed E-state index contributed by atoms with van der Waals surface area (Å²) >= 11 is 0. The molecule has 2 fully saturated rings. The van der Waals surface area contributed by atoms with E-state index in [1.165, 1.54) is 5.56 Å². The van der Waals surface area contributed by atoms with Gasteiger partial charge in [-0.05, 0) is 30.7 Å². The average Bonchev–Trinajstić information content (AvgIpc) is 2.62. The van der Waals surface area contributed by atoms with E-state index in [1.807, 2.05) is 4.90 Å². The molecular formula is C21H32N2O2. The van der Waals surface area contributed by atoms with Crippen LogP contribution in [0.25, 0.3) is 0 Å². The normalized spacial score (nSPS) is 24.0. The van der Waals surface area contributed by atoms with Crippen LogP contribution in [0.3, 0.4) is 0 Å². The van der Waals surface area contributed by atoms with E-state index in [9.17, 15) is 4.79 Å². The summed E-state index contributed by atoms with van der Waals surface area (Å²) in [5, 5.41) is 0. The highest BCUT2D eigenvalue weighted by Gasteiger charge is 2.44. The fraction of sp³-hybridized carbons (Fsp3) is 0.667. The van der Waals surface area contributed by atoms with Crippen LogP contribution in [0, 0.1) is 5.92 Å². The Kier molecular flexibility index (Phi) is 5.80. The van der Waals surface area contributed by atoms with E-state index in [0.717, 1.165) is 52.0 Å². The summed E-state index contributed by atoms with van der Waals surface area (Å²) < 4.78 is 6.55. The number of ether oxygens (including phenoxy) is 1. The maximum Gasteiger partial charge on any atom is 0.219 e. The van der Waals surface area contributed by atoms with Crippen LogP contribution < -0.4 is 0 Å². The molecule has 4 heteroatoms. The van der Waals surface area contributed by atoms with Crippen molar-refractivity contribution in [2.24, 2.45) is 5.92 Å². The minimum Gasteiger partial charge on any atom is -0.368 e. The molecule has 138 valence electrons. The van der Waals surface area contributed by atoms with Gasteiger partial charge in [0, 0.05) is 39.6 Å². The van der Waals surface area contributed by atoms with Crippen LogP contribution in [0.5, 0.6) is 0 Å². The van der Waals surface area contributed by atoms with Gasteiger partial charge in [-0.15, -0.1) is 0 Å². The summed E-state index contributed by atoms with van der Waals surface area (Å²) in [7, 11) is 0. The number of morpholine rings is 1. The van der Waals surface area contributed by atoms with Gasteiger partial charge in [0.25, 0.3) is 0 Å². The number of rotatable bonds is 4. The number of piperidine rings is 1. The number of carbonyl (C=O) groups excluding carboxylic acids is 1. The Morgan fingerprint density at radius 3 is 2.52 bits per heavy atom. The van der Waals surface area contributed by atoms with E-state index >= 15 is 0 Å². The molecule has 3 rings (SSSR count). The summed E-state index contributed by atoms with van der Waals surface area (Å²) in [5.74, 6) is 0.620. The van der Waals surface area contributed by atoms with Crippen LogP contribution in [0.2, 0.25) is 0 Å². The molecule has 25 heavy (non-hydrogen) atoms. The van der Waals surface area contributed by atoms with Gasteiger partial charge in [-0.3, -0.25) is 4.79 Å². The number of carbonyl (C=O) groups is 1. The monoisotopic (exact) mass is 344 g/mol. The Morgan fingerprint density at radius 2 is 1.92 bits per heavy atom. The van der Waals surface area contributed by atoms with Gasteiger partial charge in [0.15, 0.2) is 0 Å². The number of nitrogens with zero attached hydrogens (tertiary/aromatic N) is 2. The second kappa shape index (κ2) is 7.88. The third-order valence-corrected chi connectivity index (χ3v) is 5.80. The lowest BCUT2D eigenvalue weighted by molar-refractivity contribution is -0.191. The molecule has 4 nitrogen and oxygen atoms in total. The number of benzene rings is 1. The van der Waals surface area contributed by atoms with E-state index < -0.39 is 0 Å². The number of hydrogen-bond acceptors (Lipinski definition) is 3. The van der Waals surface area contributed by atoms with E-state index in [-0.39, 0.29) is 17.6 Å². The SMILES string of the molecule is CC(=O)N1CC(C(C)C)OC2(CCN(CCc3ccccc3)CC2)C1. The van der Waals surface area contributed by atoms with Crippen molar-refractivity contribution >= 4 is 5.91 Å². The molecule has 1 unspecified atom stereocenters. The Balaban J connectivity index is 1.56. The highest BCUT2D eigenvalue weighted by Crippen LogP contribution is 2.34. The first kappa shape index (κ1) is 18.4. The predicted molar refractivity (Wildman–Crippen MR) is 101 cm³/mol. The molecule has 2 aliphatic rings. The minimum absolute atomic E-state index is 0.137. The standard InChI is InChI=1S/C21H32N2O2/c1-17(2)20-15-23(18(3)24)16-21(25-20)10-13-22(14-11-21)12-9-19-7-5-4-6-8-19/h4-8,17,20H,9-16H2,1-3H3. The van der Waals surface area contributed by atoms with Crippen molar-refractivity contribution in [2.75, 3.05) is 32.7 Å². The molecule has 2 aliphatic heterocycles. The molecule has 0 radical (unpaired) electrons. The Labute approximate surface area is 152 Å². The highest BCUT2D eigenvalue weighted by molar-refractivity contribution is 5.73. The molecular weight excluding hydrogens is 312 g/mol. The molecule has 0 N–H and O–H groups in total. The van der Waals surface area contributed by atoms with Gasteiger partial charge in [-0.2, -0.15) is 0 Å². The second-order valence-corrected chi connectivity index (χ2v) is 8.06. The van der Waals surface area contributed by atoms with Gasteiger partial charge >= 0.3 is 0 Å². The number of amides is 1. The molecule has 0 aliphatic carbocycles. The minimum atomic E-state index is -0.137. The lowest BCUT2D eigenvalue weighted by Crippen LogP contribution is -2.61. The van der Waals surface area contributed by atoms with Gasteiger partial charge < -0.3 is 14.5 Å². The van der Waals surface area contributed by atoms with Crippen molar-refractivity contribution in [2.45, 2.75) is 51.7 Å². The largest absolute Gasteiger partial charge is 0.368 e. The van der Waals surface area contributed by atoms with Crippen molar-refractivity contribution in [3.05, 3.63) is 35.9 Å². The Bertz CT molecular complexity index is 565. The van der Waals surface area contributed by atoms with Crippen molar-refractivity contribution in [1.29, 1.82) is 0 Å². The van der Waals surface area contributed by atoms with E-state index in [1.54, 1.807) is 6.92 Å². The van der Waals surface area contributed by atoms with Crippen molar-refractivity contribution in [1.82, 2.24) is 9.80 Å². The number of likely N-dealkylation sites (tertiary alicyclic amines) is 1. The molecule has 1 aromatic carbocycles. The van der Waals surface area contributed by atoms with E-state index in [0.29, 0.717) is 5.92 Å². The smallest absolute Gasteiger partial charge is 0.219 e. The molecule has 0 bridgehead atoms. The molecule has 1 amide bonds. The van der Waals surface area contributed by atoms with Gasteiger partial charge in [0.1, 0.15) is 0 Å². The van der Waals surface area contributed by atoms with Crippen molar-refractivity contribution in [3.63, 3.8) is 0 Å². The maximum absolute atomic E-state index is 12.0. The Morgan fingerprint density at radius 1 is 1.24 bits per heavy atom. The molecule has 1 atom stereocenters. The van der Waals surface area contributed by atoms with E-state index in [4.69, 9.17) is 4.74 Å². The van der Waals surface area contributed by atoms with Crippen LogP contribution >= 0.6 is 0 Å². The average molecular weight is 344 g/mol. The van der Waals surface area contributed by atoms with E-state index in [2.05, 4.69) is 49.1 Å². The molecule has 1 spiro atoms. The lowest BCUT2D eigenvalue weighted by Gasteiger charge is -2.50. The van der Waals surface area contributed by atoms with Crippen LogP contribution in [0.1, 0.15) is 39.2 Å². The summed E-state index contributed by atoms with van der Waals surface area (Å²) in [5.41, 5.74) is 1.27. The summed E-state index contributed by atoms with van der Waals surface area (Å²) in [6.45, 7) is 10.8. The summed E-state index contributed by atoms with van der Waals surface area (Å²) in [4.78, 5) is 16.5. The van der Waals surface area contributed by atoms with Crippen molar-refractivity contribution in [3.8, 4) is 0 Å². The number of hydrogen-bond donors (Lipinski definition) is 0. The van der Waals surface area contributed by atoms with Gasteiger partial charge in [0.2, 0.25) is 5.91 Å². The fourth-order valence-corrected chi connectivity index (χ4v) is 4.00. The van der Waals surface area contributed by atoms with Crippen LogP contribution in [-0.4, -0.2) is 60.1 Å². The van der Waals surface area contributed by atoms with Crippen molar-refractivity contribution < 1.29 is 9.53 Å². The molecule has 0 saturated carbocycles. The van der Waals surface area contributed by atoms with Gasteiger partial charge in [-0.1, -0.05) is 44.2 Å². The molecule has 2 saturated heterocycles. The third-order valence-electron chi connectivity index (χ3n) is 5.80. The first-order chi connectivity index (χ1) is 12.0. The molecule has 0 aromatic heterocycles. The lowest BCUT2D eigenvalue weighted by atomic mass is 9.87. The zero-order chi connectivity index (χ0) is 17.9. The third kappa shape index (κ3) is 4.62. The zero-order valence-corrected chi connectivity index (χ0v) is 15.9. The van der Waals surface area contributed by atoms with Crippen LogP contribution in [0.4, 0.5) is 0 Å². The fourth-order valence-electron chi connectivity index (χ4n) is 4.00.